The predicted octanol–water partition coefficient (Wildman–Crippen LogP) is 2.46. The summed E-state index contributed by atoms with van der Waals surface area (Å²) in [4.78, 5) is 16.2. The molecule has 0 atom stereocenters. The Balaban J connectivity index is 2.02. The monoisotopic (exact) mass is 275 g/mol. The van der Waals surface area contributed by atoms with E-state index in [0.717, 1.165) is 17.1 Å². The van der Waals surface area contributed by atoms with Crippen LogP contribution < -0.4 is 11.1 Å². The summed E-state index contributed by atoms with van der Waals surface area (Å²) in [5, 5.41) is 5.50. The second-order valence-electron chi connectivity index (χ2n) is 4.17. The van der Waals surface area contributed by atoms with Crippen LogP contribution in [0, 0.1) is 0 Å². The number of nitrogens with two attached hydrogens (primary N) is 1. The molecule has 19 heavy (non-hydrogen) atoms. The normalized spacial score (nSPS) is 10.4. The second kappa shape index (κ2) is 6.45. The van der Waals surface area contributed by atoms with Gasteiger partial charge < -0.3 is 11.1 Å². The number of benzene rings is 1. The molecule has 1 aromatic carbocycles. The van der Waals surface area contributed by atoms with Gasteiger partial charge in [0.1, 0.15) is 5.69 Å². The molecule has 0 radical (unpaired) electrons. The molecule has 0 aliphatic heterocycles. The van der Waals surface area contributed by atoms with Gasteiger partial charge in [-0.05, 0) is 30.7 Å². The van der Waals surface area contributed by atoms with Crippen LogP contribution in [-0.2, 0) is 12.8 Å². The summed E-state index contributed by atoms with van der Waals surface area (Å²) >= 11 is 1.47. The quantitative estimate of drug-likeness (QED) is 0.880. The van der Waals surface area contributed by atoms with Crippen molar-refractivity contribution in [1.29, 1.82) is 0 Å². The molecule has 0 saturated heterocycles. The number of anilines is 1. The summed E-state index contributed by atoms with van der Waals surface area (Å²) in [6.07, 6.45) is 1.70. The van der Waals surface area contributed by atoms with Crippen molar-refractivity contribution < 1.29 is 4.79 Å². The van der Waals surface area contributed by atoms with Crippen LogP contribution in [0.5, 0.6) is 0 Å². The fourth-order valence-electron chi connectivity index (χ4n) is 1.67. The lowest BCUT2D eigenvalue weighted by atomic mass is 10.1. The Labute approximate surface area is 116 Å². The van der Waals surface area contributed by atoms with Gasteiger partial charge in [-0.1, -0.05) is 19.1 Å². The molecule has 0 spiro atoms. The standard InChI is InChI=1S/C14H17N3OS/c1-2-10-3-5-11(6-4-10)16-14(18)12-9-19-13(17-12)7-8-15/h3-6,9H,2,7-8,15H2,1H3,(H,16,18). The minimum Gasteiger partial charge on any atom is -0.330 e. The number of nitrogens with one attached hydrogen (secondary N) is 1. The van der Waals surface area contributed by atoms with Crippen LogP contribution in [0.15, 0.2) is 29.6 Å². The van der Waals surface area contributed by atoms with Gasteiger partial charge in [-0.25, -0.2) is 4.98 Å². The Morgan fingerprint density at radius 2 is 2.11 bits per heavy atom. The molecule has 0 fully saturated rings. The number of carbonyl (C=O) groups is 1. The van der Waals surface area contributed by atoms with Crippen LogP contribution in [-0.4, -0.2) is 17.4 Å². The highest BCUT2D eigenvalue weighted by molar-refractivity contribution is 7.09. The third-order valence-electron chi connectivity index (χ3n) is 2.76. The molecule has 4 nitrogen and oxygen atoms in total. The first-order valence-electron chi connectivity index (χ1n) is 6.27. The van der Waals surface area contributed by atoms with E-state index in [9.17, 15) is 4.79 Å². The maximum atomic E-state index is 12.0. The van der Waals surface area contributed by atoms with E-state index in [1.54, 1.807) is 5.38 Å². The highest BCUT2D eigenvalue weighted by Crippen LogP contribution is 2.14. The van der Waals surface area contributed by atoms with Crippen LogP contribution in [0.4, 0.5) is 5.69 Å². The van der Waals surface area contributed by atoms with E-state index in [1.165, 1.54) is 16.9 Å². The Bertz CT molecular complexity index is 548. The van der Waals surface area contributed by atoms with Gasteiger partial charge in [-0.15, -0.1) is 11.3 Å². The average Bonchev–Trinajstić information content (AvgIpc) is 2.89. The largest absolute Gasteiger partial charge is 0.330 e. The highest BCUT2D eigenvalue weighted by Gasteiger charge is 2.10. The number of nitrogens with zero attached hydrogens (tertiary/aromatic N) is 1. The number of amides is 1. The van der Waals surface area contributed by atoms with Crippen molar-refractivity contribution in [3.05, 3.63) is 45.9 Å². The lowest BCUT2D eigenvalue weighted by molar-refractivity contribution is 0.102. The predicted molar refractivity (Wildman–Crippen MR) is 78.6 cm³/mol. The molecule has 0 saturated carbocycles. The van der Waals surface area contributed by atoms with E-state index < -0.39 is 0 Å². The Morgan fingerprint density at radius 3 is 2.74 bits per heavy atom. The fraction of sp³-hybridized carbons (Fsp3) is 0.286. The van der Waals surface area contributed by atoms with Crippen LogP contribution >= 0.6 is 11.3 Å². The summed E-state index contributed by atoms with van der Waals surface area (Å²) in [5.74, 6) is -0.177. The topological polar surface area (TPSA) is 68.0 Å². The van der Waals surface area contributed by atoms with E-state index in [-0.39, 0.29) is 5.91 Å². The molecular formula is C14H17N3OS. The number of thiazole rings is 1. The second-order valence-corrected chi connectivity index (χ2v) is 5.11. The molecule has 5 heteroatoms. The molecule has 0 aliphatic carbocycles. The van der Waals surface area contributed by atoms with Crippen molar-refractivity contribution >= 4 is 22.9 Å². The van der Waals surface area contributed by atoms with Crippen molar-refractivity contribution in [2.45, 2.75) is 19.8 Å². The molecule has 0 aliphatic rings. The molecule has 2 rings (SSSR count). The molecule has 100 valence electrons. The van der Waals surface area contributed by atoms with Gasteiger partial charge in [0.2, 0.25) is 0 Å². The molecule has 1 aromatic heterocycles. The third kappa shape index (κ3) is 3.62. The van der Waals surface area contributed by atoms with Crippen molar-refractivity contribution in [1.82, 2.24) is 4.98 Å². The van der Waals surface area contributed by atoms with Crippen LogP contribution in [0.1, 0.15) is 28.0 Å². The number of hydrogen-bond acceptors (Lipinski definition) is 4. The van der Waals surface area contributed by atoms with E-state index >= 15 is 0 Å². The maximum Gasteiger partial charge on any atom is 0.275 e. The molecule has 0 bridgehead atoms. The molecular weight excluding hydrogens is 258 g/mol. The van der Waals surface area contributed by atoms with Crippen LogP contribution in [0.3, 0.4) is 0 Å². The first-order valence-corrected chi connectivity index (χ1v) is 7.15. The maximum absolute atomic E-state index is 12.0. The lowest BCUT2D eigenvalue weighted by Crippen LogP contribution is -2.12. The smallest absolute Gasteiger partial charge is 0.275 e. The van der Waals surface area contributed by atoms with Crippen LogP contribution in [0.2, 0.25) is 0 Å². The zero-order chi connectivity index (χ0) is 13.7. The van der Waals surface area contributed by atoms with E-state index in [4.69, 9.17) is 5.73 Å². The van der Waals surface area contributed by atoms with Crippen molar-refractivity contribution in [3.63, 3.8) is 0 Å². The highest BCUT2D eigenvalue weighted by atomic mass is 32.1. The minimum absolute atomic E-state index is 0.177. The zero-order valence-electron chi connectivity index (χ0n) is 10.8. The molecule has 3 N–H and O–H groups in total. The van der Waals surface area contributed by atoms with Gasteiger partial charge in [-0.2, -0.15) is 0 Å². The number of aromatic nitrogens is 1. The zero-order valence-corrected chi connectivity index (χ0v) is 11.7. The minimum atomic E-state index is -0.177. The van der Waals surface area contributed by atoms with E-state index in [0.29, 0.717) is 18.7 Å². The molecule has 1 amide bonds. The van der Waals surface area contributed by atoms with Crippen molar-refractivity contribution in [2.75, 3.05) is 11.9 Å². The number of carbonyl (C=O) groups excluding carboxylic acids is 1. The summed E-state index contributed by atoms with van der Waals surface area (Å²) in [7, 11) is 0. The molecule has 0 unspecified atom stereocenters. The Morgan fingerprint density at radius 1 is 1.37 bits per heavy atom. The number of hydrogen-bond donors (Lipinski definition) is 2. The molecule has 1 heterocycles. The van der Waals surface area contributed by atoms with Crippen LogP contribution in [0.25, 0.3) is 0 Å². The first kappa shape index (κ1) is 13.7. The van der Waals surface area contributed by atoms with Gasteiger partial charge in [-0.3, -0.25) is 4.79 Å². The summed E-state index contributed by atoms with van der Waals surface area (Å²) in [6, 6.07) is 7.83. The molecule has 2 aromatic rings. The van der Waals surface area contributed by atoms with Gasteiger partial charge in [0.15, 0.2) is 0 Å². The van der Waals surface area contributed by atoms with Gasteiger partial charge in [0.05, 0.1) is 5.01 Å². The third-order valence-corrected chi connectivity index (χ3v) is 3.67. The Kier molecular flexibility index (Phi) is 4.65. The number of aryl methyl sites for hydroxylation is 1. The summed E-state index contributed by atoms with van der Waals surface area (Å²) < 4.78 is 0. The Hall–Kier alpha value is -1.72. The lowest BCUT2D eigenvalue weighted by Gasteiger charge is -2.04. The van der Waals surface area contributed by atoms with E-state index in [2.05, 4.69) is 17.2 Å². The van der Waals surface area contributed by atoms with Crippen molar-refractivity contribution in [2.24, 2.45) is 5.73 Å². The van der Waals surface area contributed by atoms with Crippen molar-refractivity contribution in [3.8, 4) is 0 Å². The SMILES string of the molecule is CCc1ccc(NC(=O)c2csc(CCN)n2)cc1. The number of rotatable bonds is 5. The van der Waals surface area contributed by atoms with Gasteiger partial charge in [0.25, 0.3) is 5.91 Å². The van der Waals surface area contributed by atoms with Gasteiger partial charge >= 0.3 is 0 Å². The van der Waals surface area contributed by atoms with Gasteiger partial charge in [0, 0.05) is 17.5 Å². The summed E-state index contributed by atoms with van der Waals surface area (Å²) in [5.41, 5.74) is 7.95. The fourth-order valence-corrected chi connectivity index (χ4v) is 2.47. The van der Waals surface area contributed by atoms with E-state index in [1.807, 2.05) is 24.3 Å². The average molecular weight is 275 g/mol. The summed E-state index contributed by atoms with van der Waals surface area (Å²) in [6.45, 7) is 2.65. The first-order chi connectivity index (χ1) is 9.22.